The molecule has 0 aliphatic carbocycles. The molecule has 0 radical (unpaired) electrons. The molecular weight excluding hydrogens is 202 g/mol. The van der Waals surface area contributed by atoms with Crippen molar-refractivity contribution in [3.8, 4) is 5.95 Å². The summed E-state index contributed by atoms with van der Waals surface area (Å²) in [4.78, 5) is 8.24. The van der Waals surface area contributed by atoms with Gasteiger partial charge in [-0.1, -0.05) is 20.8 Å². The lowest BCUT2D eigenvalue weighted by molar-refractivity contribution is 0.560. The molecule has 0 bridgehead atoms. The highest BCUT2D eigenvalue weighted by atomic mass is 15.3. The summed E-state index contributed by atoms with van der Waals surface area (Å²) < 4.78 is 1.61. The van der Waals surface area contributed by atoms with Crippen LogP contribution < -0.4 is 5.73 Å². The standard InChI is InChI=1S/C11H15N5/c1-11(2,3)9-8(12)7-16(15-9)10-13-5-4-6-14-10/h4-7H,12H2,1-3H3. The highest BCUT2D eigenvalue weighted by Crippen LogP contribution is 2.26. The highest BCUT2D eigenvalue weighted by molar-refractivity contribution is 5.45. The van der Waals surface area contributed by atoms with Gasteiger partial charge in [0.25, 0.3) is 5.95 Å². The lowest BCUT2D eigenvalue weighted by Crippen LogP contribution is -2.14. The SMILES string of the molecule is CC(C)(C)c1nn(-c2ncccn2)cc1N. The van der Waals surface area contributed by atoms with Crippen molar-refractivity contribution in [2.45, 2.75) is 26.2 Å². The van der Waals surface area contributed by atoms with Crippen LogP contribution >= 0.6 is 0 Å². The minimum absolute atomic E-state index is 0.0793. The second-order valence-corrected chi connectivity index (χ2v) is 4.68. The van der Waals surface area contributed by atoms with Crippen molar-refractivity contribution in [3.05, 3.63) is 30.4 Å². The predicted octanol–water partition coefficient (Wildman–Crippen LogP) is 1.54. The summed E-state index contributed by atoms with van der Waals surface area (Å²) in [6.45, 7) is 6.21. The third-order valence-electron chi connectivity index (χ3n) is 2.21. The molecule has 0 saturated carbocycles. The largest absolute Gasteiger partial charge is 0.396 e. The fraction of sp³-hybridized carbons (Fsp3) is 0.364. The van der Waals surface area contributed by atoms with Crippen LogP contribution in [-0.2, 0) is 5.41 Å². The van der Waals surface area contributed by atoms with Crippen LogP contribution in [0.4, 0.5) is 5.69 Å². The number of nitrogen functional groups attached to an aromatic ring is 1. The molecule has 2 N–H and O–H groups in total. The van der Waals surface area contributed by atoms with E-state index in [1.807, 2.05) is 0 Å². The predicted molar refractivity (Wildman–Crippen MR) is 62.3 cm³/mol. The Bertz CT molecular complexity index is 481. The van der Waals surface area contributed by atoms with E-state index in [4.69, 9.17) is 5.73 Å². The van der Waals surface area contributed by atoms with Crippen LogP contribution in [0.1, 0.15) is 26.5 Å². The summed E-state index contributed by atoms with van der Waals surface area (Å²) in [5.74, 6) is 0.532. The molecule has 2 rings (SSSR count). The topological polar surface area (TPSA) is 69.6 Å². The highest BCUT2D eigenvalue weighted by Gasteiger charge is 2.21. The van der Waals surface area contributed by atoms with Crippen molar-refractivity contribution in [2.75, 3.05) is 5.73 Å². The van der Waals surface area contributed by atoms with Crippen LogP contribution in [0.25, 0.3) is 5.95 Å². The van der Waals surface area contributed by atoms with Gasteiger partial charge in [0.1, 0.15) is 0 Å². The van der Waals surface area contributed by atoms with E-state index in [-0.39, 0.29) is 5.41 Å². The van der Waals surface area contributed by atoms with Gasteiger partial charge in [-0.05, 0) is 6.07 Å². The van der Waals surface area contributed by atoms with Crippen LogP contribution in [0, 0.1) is 0 Å². The van der Waals surface area contributed by atoms with Gasteiger partial charge in [-0.3, -0.25) is 0 Å². The molecule has 0 aromatic carbocycles. The summed E-state index contributed by atoms with van der Waals surface area (Å²) in [7, 11) is 0. The van der Waals surface area contributed by atoms with Gasteiger partial charge in [-0.15, -0.1) is 0 Å². The van der Waals surface area contributed by atoms with Crippen LogP contribution in [0.2, 0.25) is 0 Å². The molecule has 5 heteroatoms. The smallest absolute Gasteiger partial charge is 0.250 e. The number of aromatic nitrogens is 4. The molecule has 16 heavy (non-hydrogen) atoms. The zero-order chi connectivity index (χ0) is 11.8. The first-order valence-electron chi connectivity index (χ1n) is 5.11. The number of nitrogens with two attached hydrogens (primary N) is 1. The lowest BCUT2D eigenvalue weighted by atomic mass is 9.92. The summed E-state index contributed by atoms with van der Waals surface area (Å²) in [6.07, 6.45) is 5.10. The number of anilines is 1. The van der Waals surface area contributed by atoms with E-state index in [9.17, 15) is 0 Å². The third kappa shape index (κ3) is 1.88. The molecule has 0 fully saturated rings. The molecule has 0 saturated heterocycles. The van der Waals surface area contributed by atoms with Crippen LogP contribution in [0.5, 0.6) is 0 Å². The normalized spacial score (nSPS) is 11.7. The fourth-order valence-corrected chi connectivity index (χ4v) is 1.48. The van der Waals surface area contributed by atoms with Gasteiger partial charge >= 0.3 is 0 Å². The summed E-state index contributed by atoms with van der Waals surface area (Å²) in [6, 6.07) is 1.76. The molecule has 0 unspecified atom stereocenters. The van der Waals surface area contributed by atoms with Crippen LogP contribution in [0.3, 0.4) is 0 Å². The second kappa shape index (κ2) is 3.59. The zero-order valence-electron chi connectivity index (χ0n) is 9.68. The minimum Gasteiger partial charge on any atom is -0.396 e. The van der Waals surface area contributed by atoms with E-state index >= 15 is 0 Å². The Balaban J connectivity index is 2.47. The van der Waals surface area contributed by atoms with Gasteiger partial charge in [-0.25, -0.2) is 14.6 Å². The number of hydrogen-bond acceptors (Lipinski definition) is 4. The monoisotopic (exact) mass is 217 g/mol. The zero-order valence-corrected chi connectivity index (χ0v) is 9.68. The molecule has 2 aromatic rings. The molecule has 0 aliphatic rings. The first-order chi connectivity index (χ1) is 7.48. The van der Waals surface area contributed by atoms with E-state index in [0.717, 1.165) is 5.69 Å². The average molecular weight is 217 g/mol. The maximum atomic E-state index is 5.93. The Labute approximate surface area is 94.3 Å². The quantitative estimate of drug-likeness (QED) is 0.786. The minimum atomic E-state index is -0.0793. The van der Waals surface area contributed by atoms with Crippen molar-refractivity contribution < 1.29 is 0 Å². The molecule has 5 nitrogen and oxygen atoms in total. The molecule has 0 aliphatic heterocycles. The summed E-state index contributed by atoms with van der Waals surface area (Å²) in [5, 5.41) is 4.42. The van der Waals surface area contributed by atoms with Crippen molar-refractivity contribution in [3.63, 3.8) is 0 Å². The van der Waals surface area contributed by atoms with Gasteiger partial charge in [-0.2, -0.15) is 5.10 Å². The summed E-state index contributed by atoms with van der Waals surface area (Å²) >= 11 is 0. The molecule has 2 heterocycles. The number of rotatable bonds is 1. The fourth-order valence-electron chi connectivity index (χ4n) is 1.48. The van der Waals surface area contributed by atoms with Gasteiger partial charge < -0.3 is 5.73 Å². The van der Waals surface area contributed by atoms with Crippen molar-refractivity contribution in [2.24, 2.45) is 0 Å². The van der Waals surface area contributed by atoms with Crippen molar-refractivity contribution in [1.82, 2.24) is 19.7 Å². The Kier molecular flexibility index (Phi) is 2.38. The Morgan fingerprint density at radius 1 is 1.19 bits per heavy atom. The lowest BCUT2D eigenvalue weighted by Gasteiger charge is -2.15. The first-order valence-corrected chi connectivity index (χ1v) is 5.11. The number of hydrogen-bond donors (Lipinski definition) is 1. The van der Waals surface area contributed by atoms with Gasteiger partial charge in [0.2, 0.25) is 0 Å². The van der Waals surface area contributed by atoms with E-state index in [1.54, 1.807) is 29.3 Å². The molecule has 0 amide bonds. The van der Waals surface area contributed by atoms with E-state index in [2.05, 4.69) is 35.8 Å². The molecule has 0 atom stereocenters. The van der Waals surface area contributed by atoms with E-state index < -0.39 is 0 Å². The van der Waals surface area contributed by atoms with E-state index in [0.29, 0.717) is 11.6 Å². The van der Waals surface area contributed by atoms with Crippen LogP contribution in [0.15, 0.2) is 24.7 Å². The van der Waals surface area contributed by atoms with Gasteiger partial charge in [0.05, 0.1) is 17.6 Å². The maximum absolute atomic E-state index is 5.93. The van der Waals surface area contributed by atoms with Crippen molar-refractivity contribution in [1.29, 1.82) is 0 Å². The van der Waals surface area contributed by atoms with Gasteiger partial charge in [0.15, 0.2) is 0 Å². The number of nitrogens with zero attached hydrogens (tertiary/aromatic N) is 4. The molecular formula is C11H15N5. The van der Waals surface area contributed by atoms with Gasteiger partial charge in [0, 0.05) is 17.8 Å². The third-order valence-corrected chi connectivity index (χ3v) is 2.21. The van der Waals surface area contributed by atoms with E-state index in [1.165, 1.54) is 0 Å². The average Bonchev–Trinajstić information content (AvgIpc) is 2.61. The molecule has 0 spiro atoms. The molecule has 84 valence electrons. The van der Waals surface area contributed by atoms with Crippen LogP contribution in [-0.4, -0.2) is 19.7 Å². The second-order valence-electron chi connectivity index (χ2n) is 4.68. The maximum Gasteiger partial charge on any atom is 0.250 e. The Morgan fingerprint density at radius 3 is 2.31 bits per heavy atom. The first kappa shape index (κ1) is 10.6. The van der Waals surface area contributed by atoms with Crippen molar-refractivity contribution >= 4 is 5.69 Å². The summed E-state index contributed by atoms with van der Waals surface area (Å²) in [5.41, 5.74) is 7.37. The Hall–Kier alpha value is -1.91. The molecule has 2 aromatic heterocycles. The Morgan fingerprint density at radius 2 is 1.81 bits per heavy atom.